The van der Waals surface area contributed by atoms with Crippen LogP contribution >= 0.6 is 12.4 Å². The van der Waals surface area contributed by atoms with Gasteiger partial charge in [0, 0.05) is 39.1 Å². The molecule has 1 heterocycles. The molecule has 8 heteroatoms. The van der Waals surface area contributed by atoms with E-state index < -0.39 is 10.0 Å². The van der Waals surface area contributed by atoms with Gasteiger partial charge < -0.3 is 10.2 Å². The van der Waals surface area contributed by atoms with Crippen LogP contribution in [0.2, 0.25) is 0 Å². The van der Waals surface area contributed by atoms with Crippen LogP contribution < -0.4 is 5.32 Å². The van der Waals surface area contributed by atoms with Crippen molar-refractivity contribution in [3.8, 4) is 0 Å². The second-order valence-electron chi connectivity index (χ2n) is 6.73. The van der Waals surface area contributed by atoms with Crippen molar-refractivity contribution in [2.75, 3.05) is 39.8 Å². The van der Waals surface area contributed by atoms with E-state index in [2.05, 4.69) is 5.32 Å². The fourth-order valence-electron chi connectivity index (χ4n) is 3.26. The number of amides is 1. The summed E-state index contributed by atoms with van der Waals surface area (Å²) in [6, 6.07) is 2.03. The topological polar surface area (TPSA) is 69.7 Å². The quantitative estimate of drug-likeness (QED) is 0.813. The summed E-state index contributed by atoms with van der Waals surface area (Å²) in [4.78, 5) is 14.3. The number of carbonyl (C=O) groups excluding carboxylic acids is 1. The smallest absolute Gasteiger partial charge is 0.243 e. The van der Waals surface area contributed by atoms with Crippen LogP contribution in [-0.2, 0) is 14.8 Å². The van der Waals surface area contributed by atoms with Gasteiger partial charge >= 0.3 is 0 Å². The largest absolute Gasteiger partial charge is 0.340 e. The van der Waals surface area contributed by atoms with Crippen LogP contribution in [0.4, 0.5) is 0 Å². The van der Waals surface area contributed by atoms with Crippen molar-refractivity contribution in [2.24, 2.45) is 0 Å². The van der Waals surface area contributed by atoms with Crippen LogP contribution in [0.3, 0.4) is 0 Å². The Morgan fingerprint density at radius 1 is 1.04 bits per heavy atom. The summed E-state index contributed by atoms with van der Waals surface area (Å²) in [5.74, 6) is 0.0742. The molecule has 0 spiro atoms. The van der Waals surface area contributed by atoms with Gasteiger partial charge in [0.2, 0.25) is 15.9 Å². The highest BCUT2D eigenvalue weighted by Gasteiger charge is 2.32. The number of rotatable bonds is 5. The molecule has 1 fully saturated rings. The average molecular weight is 404 g/mol. The molecule has 1 N–H and O–H groups in total. The molecule has 1 aromatic rings. The number of hydrogen-bond acceptors (Lipinski definition) is 4. The van der Waals surface area contributed by atoms with Gasteiger partial charge in [0.05, 0.1) is 4.90 Å². The lowest BCUT2D eigenvalue weighted by atomic mass is 10.0. The van der Waals surface area contributed by atoms with Crippen LogP contribution in [0.15, 0.2) is 11.0 Å². The minimum atomic E-state index is -3.55. The molecule has 0 aliphatic carbocycles. The third-order valence-electron chi connectivity index (χ3n) is 5.08. The molecule has 0 radical (unpaired) electrons. The normalized spacial score (nSPS) is 15.7. The molecule has 0 bridgehead atoms. The van der Waals surface area contributed by atoms with Crippen molar-refractivity contribution in [1.29, 1.82) is 0 Å². The summed E-state index contributed by atoms with van der Waals surface area (Å²) in [5.41, 5.74) is 3.61. The molecule has 1 saturated heterocycles. The predicted octanol–water partition coefficient (Wildman–Crippen LogP) is 1.78. The predicted molar refractivity (Wildman–Crippen MR) is 107 cm³/mol. The molecule has 2 rings (SSSR count). The summed E-state index contributed by atoms with van der Waals surface area (Å²) in [5, 5.41) is 2.96. The molecule has 1 aliphatic rings. The van der Waals surface area contributed by atoms with Crippen molar-refractivity contribution in [2.45, 2.75) is 39.0 Å². The highest BCUT2D eigenvalue weighted by molar-refractivity contribution is 7.89. The minimum absolute atomic E-state index is 0. The van der Waals surface area contributed by atoms with Gasteiger partial charge in [-0.2, -0.15) is 4.31 Å². The first-order valence-electron chi connectivity index (χ1n) is 8.70. The van der Waals surface area contributed by atoms with Gasteiger partial charge in [0.25, 0.3) is 0 Å². The Morgan fingerprint density at radius 3 is 2.00 bits per heavy atom. The lowest BCUT2D eigenvalue weighted by Crippen LogP contribution is -2.51. The zero-order valence-electron chi connectivity index (χ0n) is 16.3. The maximum absolute atomic E-state index is 13.2. The second-order valence-corrected chi connectivity index (χ2v) is 8.60. The standard InChI is InChI=1S/C18H29N3O3S.ClH/c1-13-12-14(2)16(4)18(15(13)3)25(23,24)21-10-8-20(9-11-21)17(22)6-7-19-5;/h12,19H,6-11H2,1-5H3;1H. The van der Waals surface area contributed by atoms with E-state index in [-0.39, 0.29) is 18.3 Å². The summed E-state index contributed by atoms with van der Waals surface area (Å²) in [7, 11) is -1.74. The maximum Gasteiger partial charge on any atom is 0.243 e. The molecule has 1 aliphatic heterocycles. The van der Waals surface area contributed by atoms with Gasteiger partial charge in [-0.15, -0.1) is 12.4 Å². The summed E-state index contributed by atoms with van der Waals surface area (Å²) in [6.45, 7) is 9.85. The van der Waals surface area contributed by atoms with Crippen molar-refractivity contribution in [3.05, 3.63) is 28.3 Å². The molecule has 0 aromatic heterocycles. The first-order chi connectivity index (χ1) is 11.7. The number of sulfonamides is 1. The van der Waals surface area contributed by atoms with E-state index >= 15 is 0 Å². The number of nitrogens with one attached hydrogen (secondary N) is 1. The number of hydrogen-bond donors (Lipinski definition) is 1. The SMILES string of the molecule is CNCCC(=O)N1CCN(S(=O)(=O)c2c(C)c(C)cc(C)c2C)CC1.Cl. The van der Waals surface area contributed by atoms with Gasteiger partial charge in [-0.05, 0) is 57.0 Å². The second kappa shape index (κ2) is 9.17. The molecule has 148 valence electrons. The van der Waals surface area contributed by atoms with Gasteiger partial charge in [0.1, 0.15) is 0 Å². The first-order valence-corrected chi connectivity index (χ1v) is 10.1. The molecular weight excluding hydrogens is 374 g/mol. The molecule has 6 nitrogen and oxygen atoms in total. The Bertz CT molecular complexity index is 731. The van der Waals surface area contributed by atoms with Crippen molar-refractivity contribution >= 4 is 28.3 Å². The summed E-state index contributed by atoms with van der Waals surface area (Å²) >= 11 is 0. The fraction of sp³-hybridized carbons (Fsp3) is 0.611. The van der Waals surface area contributed by atoms with E-state index in [1.54, 1.807) is 4.90 Å². The monoisotopic (exact) mass is 403 g/mol. The van der Waals surface area contributed by atoms with E-state index in [1.165, 1.54) is 4.31 Å². The van der Waals surface area contributed by atoms with E-state index in [4.69, 9.17) is 0 Å². The van der Waals surface area contributed by atoms with Gasteiger partial charge in [-0.25, -0.2) is 8.42 Å². The lowest BCUT2D eigenvalue weighted by molar-refractivity contribution is -0.132. The molecule has 0 saturated carbocycles. The first kappa shape index (κ1) is 22.9. The Labute approximate surface area is 163 Å². The molecule has 1 aromatic carbocycles. The van der Waals surface area contributed by atoms with Crippen molar-refractivity contribution < 1.29 is 13.2 Å². The third-order valence-corrected chi connectivity index (χ3v) is 7.25. The van der Waals surface area contributed by atoms with Crippen molar-refractivity contribution in [3.63, 3.8) is 0 Å². The van der Waals surface area contributed by atoms with Crippen LogP contribution in [0.5, 0.6) is 0 Å². The molecule has 1 amide bonds. The van der Waals surface area contributed by atoms with Gasteiger partial charge in [0.15, 0.2) is 0 Å². The molecule has 0 atom stereocenters. The molecule has 0 unspecified atom stereocenters. The highest BCUT2D eigenvalue weighted by Crippen LogP contribution is 2.29. The Morgan fingerprint density at radius 2 is 1.54 bits per heavy atom. The zero-order valence-corrected chi connectivity index (χ0v) is 17.9. The number of carbonyl (C=O) groups is 1. The van der Waals surface area contributed by atoms with E-state index in [1.807, 2.05) is 40.8 Å². The lowest BCUT2D eigenvalue weighted by Gasteiger charge is -2.35. The van der Waals surface area contributed by atoms with Crippen LogP contribution in [0, 0.1) is 27.7 Å². The number of halogens is 1. The Kier molecular flexibility index (Phi) is 8.07. The zero-order chi connectivity index (χ0) is 18.8. The van der Waals surface area contributed by atoms with Crippen LogP contribution in [-0.4, -0.2) is 63.3 Å². The number of aryl methyl sites for hydroxylation is 2. The highest BCUT2D eigenvalue weighted by atomic mass is 35.5. The number of piperazine rings is 1. The fourth-order valence-corrected chi connectivity index (χ4v) is 5.26. The van der Waals surface area contributed by atoms with E-state index in [0.29, 0.717) is 44.0 Å². The van der Waals surface area contributed by atoms with Gasteiger partial charge in [-0.1, -0.05) is 6.07 Å². The minimum Gasteiger partial charge on any atom is -0.340 e. The Balaban J connectivity index is 0.00000338. The van der Waals surface area contributed by atoms with Crippen LogP contribution in [0.1, 0.15) is 28.7 Å². The molecule has 26 heavy (non-hydrogen) atoms. The van der Waals surface area contributed by atoms with Crippen LogP contribution in [0.25, 0.3) is 0 Å². The summed E-state index contributed by atoms with van der Waals surface area (Å²) < 4.78 is 27.9. The number of nitrogens with zero attached hydrogens (tertiary/aromatic N) is 2. The Hall–Kier alpha value is -1.15. The van der Waals surface area contributed by atoms with E-state index in [9.17, 15) is 13.2 Å². The van der Waals surface area contributed by atoms with Crippen molar-refractivity contribution in [1.82, 2.24) is 14.5 Å². The molecular formula is C18H30ClN3O3S. The maximum atomic E-state index is 13.2. The number of benzene rings is 1. The summed E-state index contributed by atoms with van der Waals surface area (Å²) in [6.07, 6.45) is 0.443. The average Bonchev–Trinajstić information content (AvgIpc) is 2.58. The van der Waals surface area contributed by atoms with Gasteiger partial charge in [-0.3, -0.25) is 4.79 Å². The third kappa shape index (κ3) is 4.57. The van der Waals surface area contributed by atoms with E-state index in [0.717, 1.165) is 22.3 Å².